The van der Waals surface area contributed by atoms with E-state index in [-0.39, 0.29) is 18.3 Å². The fourth-order valence-corrected chi connectivity index (χ4v) is 3.78. The molecular weight excluding hydrogens is 485 g/mol. The van der Waals surface area contributed by atoms with Crippen LogP contribution in [0.25, 0.3) is 11.3 Å². The Morgan fingerprint density at radius 2 is 1.94 bits per heavy atom. The van der Waals surface area contributed by atoms with Gasteiger partial charge in [-0.3, -0.25) is 4.98 Å². The molecule has 10 nitrogen and oxygen atoms in total. The van der Waals surface area contributed by atoms with Crippen LogP contribution in [0.15, 0.2) is 71.5 Å². The van der Waals surface area contributed by atoms with Gasteiger partial charge >= 0.3 is 0 Å². The van der Waals surface area contributed by atoms with Crippen molar-refractivity contribution in [3.05, 3.63) is 77.8 Å². The monoisotopic (exact) mass is 505 g/mol. The van der Waals surface area contributed by atoms with Crippen molar-refractivity contribution in [2.75, 3.05) is 36.5 Å². The first-order chi connectivity index (χ1) is 17.7. The molecule has 12 heteroatoms. The van der Waals surface area contributed by atoms with Crippen molar-refractivity contribution in [2.45, 2.75) is 6.54 Å². The van der Waals surface area contributed by atoms with E-state index in [2.05, 4.69) is 40.5 Å². The number of rotatable bonds is 7. The average Bonchev–Trinajstić information content (AvgIpc) is 2.93. The topological polar surface area (TPSA) is 114 Å². The summed E-state index contributed by atoms with van der Waals surface area (Å²) in [4.78, 5) is 22.5. The highest BCUT2D eigenvalue weighted by atomic mass is 35.5. The van der Waals surface area contributed by atoms with Gasteiger partial charge in [0.2, 0.25) is 0 Å². The first-order valence-corrected chi connectivity index (χ1v) is 11.5. The maximum Gasteiger partial charge on any atom is 0.270 e. The number of pyridine rings is 1. The van der Waals surface area contributed by atoms with E-state index in [4.69, 9.17) is 16.3 Å². The third-order valence-corrected chi connectivity index (χ3v) is 5.68. The van der Waals surface area contributed by atoms with Crippen LogP contribution in [0.3, 0.4) is 0 Å². The van der Waals surface area contributed by atoms with E-state index < -0.39 is 5.82 Å². The quantitative estimate of drug-likeness (QED) is 0.349. The summed E-state index contributed by atoms with van der Waals surface area (Å²) in [6.07, 6.45) is 5.97. The Balaban J connectivity index is 1.20. The van der Waals surface area contributed by atoms with Crippen molar-refractivity contribution in [1.82, 2.24) is 24.9 Å². The summed E-state index contributed by atoms with van der Waals surface area (Å²) in [6.45, 7) is 2.40. The van der Waals surface area contributed by atoms with Crippen molar-refractivity contribution in [3.63, 3.8) is 0 Å². The van der Waals surface area contributed by atoms with Gasteiger partial charge in [-0.1, -0.05) is 17.7 Å². The van der Waals surface area contributed by atoms with Gasteiger partial charge in [-0.2, -0.15) is 10.1 Å². The van der Waals surface area contributed by atoms with Crippen LogP contribution in [0.1, 0.15) is 5.69 Å². The molecule has 1 N–H and O–H groups in total. The largest absolute Gasteiger partial charge is 0.378 e. The molecular formula is C24H21ClFN9O. The fraction of sp³-hybridized carbons (Fsp3) is 0.208. The lowest BCUT2D eigenvalue weighted by atomic mass is 10.1. The summed E-state index contributed by atoms with van der Waals surface area (Å²) < 4.78 is 19.5. The first-order valence-electron chi connectivity index (χ1n) is 11.2. The smallest absolute Gasteiger partial charge is 0.270 e. The number of azo groups is 1. The van der Waals surface area contributed by atoms with E-state index in [1.807, 2.05) is 41.3 Å². The molecule has 0 aliphatic carbocycles. The van der Waals surface area contributed by atoms with Gasteiger partial charge in [0, 0.05) is 24.8 Å². The number of halogens is 2. The Hall–Kier alpha value is -4.09. The normalized spacial score (nSPS) is 13.8. The predicted octanol–water partition coefficient (Wildman–Crippen LogP) is 4.99. The van der Waals surface area contributed by atoms with Gasteiger partial charge in [0.25, 0.3) is 5.95 Å². The predicted molar refractivity (Wildman–Crippen MR) is 133 cm³/mol. The number of hydrogen-bond acceptors (Lipinski definition) is 10. The number of nitrogens with zero attached hydrogens (tertiary/aromatic N) is 8. The summed E-state index contributed by atoms with van der Waals surface area (Å²) in [7, 11) is 0. The van der Waals surface area contributed by atoms with Crippen LogP contribution in [0.2, 0.25) is 5.02 Å². The summed E-state index contributed by atoms with van der Waals surface area (Å²) in [5.74, 6) is -0.194. The van der Waals surface area contributed by atoms with Crippen molar-refractivity contribution >= 4 is 34.7 Å². The Bertz CT molecular complexity index is 1350. The fourth-order valence-electron chi connectivity index (χ4n) is 3.55. The lowest BCUT2D eigenvalue weighted by Crippen LogP contribution is -2.37. The van der Waals surface area contributed by atoms with E-state index in [0.29, 0.717) is 37.0 Å². The molecule has 182 valence electrons. The summed E-state index contributed by atoms with van der Waals surface area (Å²) in [5, 5.41) is 12.0. The van der Waals surface area contributed by atoms with Gasteiger partial charge in [0.05, 0.1) is 53.4 Å². The van der Waals surface area contributed by atoms with Crippen LogP contribution in [-0.4, -0.2) is 51.2 Å². The Labute approximate surface area is 211 Å². The summed E-state index contributed by atoms with van der Waals surface area (Å²) >= 11 is 6.46. The van der Waals surface area contributed by atoms with Gasteiger partial charge in [0.1, 0.15) is 12.9 Å². The molecule has 0 unspecified atom stereocenters. The average molecular weight is 506 g/mol. The molecule has 1 aliphatic heterocycles. The van der Waals surface area contributed by atoms with Crippen LogP contribution in [-0.2, 0) is 11.3 Å². The van der Waals surface area contributed by atoms with E-state index in [9.17, 15) is 4.39 Å². The molecule has 36 heavy (non-hydrogen) atoms. The third-order valence-electron chi connectivity index (χ3n) is 5.37. The summed E-state index contributed by atoms with van der Waals surface area (Å²) in [6, 6.07) is 11.2. The number of hydrogen-bond donors (Lipinski definition) is 1. The third kappa shape index (κ3) is 5.75. The molecule has 0 radical (unpaired) electrons. The minimum Gasteiger partial charge on any atom is -0.378 e. The van der Waals surface area contributed by atoms with Crippen LogP contribution >= 0.6 is 11.6 Å². The van der Waals surface area contributed by atoms with Crippen molar-refractivity contribution in [3.8, 4) is 11.3 Å². The van der Waals surface area contributed by atoms with E-state index in [1.54, 1.807) is 12.4 Å². The van der Waals surface area contributed by atoms with Crippen LogP contribution < -0.4 is 10.2 Å². The number of benzene rings is 1. The van der Waals surface area contributed by atoms with Crippen LogP contribution in [0.4, 0.5) is 27.5 Å². The Morgan fingerprint density at radius 3 is 2.69 bits per heavy atom. The maximum absolute atomic E-state index is 14.1. The van der Waals surface area contributed by atoms with Crippen molar-refractivity contribution in [2.24, 2.45) is 10.2 Å². The van der Waals surface area contributed by atoms with Gasteiger partial charge in [0.15, 0.2) is 11.6 Å². The molecule has 1 fully saturated rings. The van der Waals surface area contributed by atoms with E-state index in [0.717, 1.165) is 28.8 Å². The standard InChI is InChI=1S/C24H21ClFN9O/c25-19-11-16(21-5-6-27-15-30-21)1-4-22(19)32-18-3-2-17(28-12-18)13-31-34-24-29-14-20(26)23(33-24)35-7-9-36-10-8-35/h1-6,11-12,14-15,32H,7-10,13H2. The second-order valence-electron chi connectivity index (χ2n) is 7.79. The van der Waals surface area contributed by atoms with Crippen molar-refractivity contribution < 1.29 is 9.13 Å². The van der Waals surface area contributed by atoms with Gasteiger partial charge in [-0.05, 0) is 30.3 Å². The molecule has 0 atom stereocenters. The van der Waals surface area contributed by atoms with Gasteiger partial charge in [-0.15, -0.1) is 5.11 Å². The molecule has 3 aromatic heterocycles. The lowest BCUT2D eigenvalue weighted by molar-refractivity contribution is 0.122. The Kier molecular flexibility index (Phi) is 7.29. The zero-order chi connectivity index (χ0) is 24.7. The minimum absolute atomic E-state index is 0.0937. The number of nitrogens with one attached hydrogen (secondary N) is 1. The minimum atomic E-state index is -0.496. The molecule has 4 aromatic rings. The van der Waals surface area contributed by atoms with Crippen LogP contribution in [0, 0.1) is 5.82 Å². The van der Waals surface area contributed by atoms with Gasteiger partial charge < -0.3 is 15.0 Å². The maximum atomic E-state index is 14.1. The number of morpholine rings is 1. The molecule has 1 aromatic carbocycles. The Morgan fingerprint density at radius 1 is 1.06 bits per heavy atom. The molecule has 0 saturated carbocycles. The SMILES string of the molecule is Fc1cnc(N=NCc2ccc(Nc3ccc(-c4ccncn4)cc3Cl)cn2)nc1N1CCOCC1. The molecule has 4 heterocycles. The lowest BCUT2D eigenvalue weighted by Gasteiger charge is -2.27. The number of aromatic nitrogens is 5. The highest BCUT2D eigenvalue weighted by Crippen LogP contribution is 2.30. The highest BCUT2D eigenvalue weighted by Gasteiger charge is 2.17. The summed E-state index contributed by atoms with van der Waals surface area (Å²) in [5.41, 5.74) is 3.90. The van der Waals surface area contributed by atoms with E-state index in [1.165, 1.54) is 6.33 Å². The molecule has 5 rings (SSSR count). The van der Waals surface area contributed by atoms with Crippen molar-refractivity contribution in [1.29, 1.82) is 0 Å². The van der Waals surface area contributed by atoms with Gasteiger partial charge in [-0.25, -0.2) is 19.3 Å². The first kappa shape index (κ1) is 23.6. The molecule has 1 aliphatic rings. The number of anilines is 3. The zero-order valence-electron chi connectivity index (χ0n) is 19.1. The zero-order valence-corrected chi connectivity index (χ0v) is 19.8. The molecule has 1 saturated heterocycles. The highest BCUT2D eigenvalue weighted by molar-refractivity contribution is 6.33. The second kappa shape index (κ2) is 11.1. The molecule has 0 spiro atoms. The molecule has 0 bridgehead atoms. The molecule has 0 amide bonds. The second-order valence-corrected chi connectivity index (χ2v) is 8.20. The van der Waals surface area contributed by atoms with Crippen LogP contribution in [0.5, 0.6) is 0 Å². The van der Waals surface area contributed by atoms with E-state index >= 15 is 0 Å². The number of ether oxygens (including phenoxy) is 1.